The number of ether oxygens (including phenoxy) is 20. The zero-order chi connectivity index (χ0) is 98.2. The molecule has 0 radical (unpaired) electrons. The van der Waals surface area contributed by atoms with Crippen LogP contribution in [0.25, 0.3) is 0 Å². The average molecular weight is 1960 g/mol. The molecular formula is C75H124N4O55. The van der Waals surface area contributed by atoms with Crippen molar-refractivity contribution < 1.29 is 273 Å². The van der Waals surface area contributed by atoms with Gasteiger partial charge >= 0.3 is 0 Å². The Hall–Kier alpha value is -4.23. The lowest BCUT2D eigenvalue weighted by molar-refractivity contribution is -0.408. The monoisotopic (exact) mass is 1960 g/mol. The summed E-state index contributed by atoms with van der Waals surface area (Å²) in [6.07, 6.45) is -115. The molecule has 10 aliphatic heterocycles. The standard InChI is InChI=1S/C75H124N4O55/c1-19(89)78-21(7-77-33-5-3-4-6-76-33)35(92)58(22(91)8-80)127-66-34(79-20(2)90)45(102)59(30(16-88)124-66)128-71-57(114)61(130-74-65(52(109)42(99)28(14-86)122-74)134-75-64(51(108)41(98)29(15-87)123-75)133-70-55(112)48(105)38(95)25(11-83)119-70)44(101)32(126-71)17-115-67-56(113)60(129-73-63(50(107)40(97)27(13-85)121-73)132-69-54(111)47(104)37(94)24(10-82)118-69)43(100)31(125-67)18-116-72-62(49(106)39(96)26(12-84)120-72)131-68-53(110)46(103)36(93)23(9-81)117-68/h3-6,21-32,34-75,80-88,91-114H,7-18H2,1-2H3,(H,76,77)(H,78,89)(H,79,90)/t21-,22+,23+,24+,25+,26+,27+,28+,29+,30+,31+,32+,34+,35+,36+,37+,38+,39+,40+,41+,42+,43+,44+,45+,46-,47-,48-,49-,50-,51-,52-,53-,54-,55-,56-,57-,58+,59+,60-,61-,62-,63-,64-,65-,66-,67-,68+,69+,70+,71-,72-,73+,74+,75+/m0/s1. The Bertz CT molecular complexity index is 3680. The molecule has 0 unspecified atom stereocenters. The third-order valence-corrected chi connectivity index (χ3v) is 24.4. The molecule has 36 N–H and O–H groups in total. The molecular weight excluding hydrogens is 1840 g/mol. The molecule has 59 nitrogen and oxygen atoms in total. The van der Waals surface area contributed by atoms with Gasteiger partial charge in [0.2, 0.25) is 11.8 Å². The number of carbonyl (C=O) groups excluding carboxylic acids is 2. The molecule has 11 rings (SSSR count). The van der Waals surface area contributed by atoms with Crippen LogP contribution in [0.3, 0.4) is 0 Å². The van der Waals surface area contributed by atoms with E-state index in [1.165, 1.54) is 12.3 Å². The van der Waals surface area contributed by atoms with Crippen molar-refractivity contribution >= 4 is 17.6 Å². The molecule has 774 valence electrons. The Morgan fingerprint density at radius 3 is 1.01 bits per heavy atom. The highest BCUT2D eigenvalue weighted by Gasteiger charge is 2.62. The first kappa shape index (κ1) is 110. The van der Waals surface area contributed by atoms with Gasteiger partial charge in [-0.05, 0) is 12.1 Å². The van der Waals surface area contributed by atoms with E-state index in [-0.39, 0.29) is 12.4 Å². The van der Waals surface area contributed by atoms with Crippen molar-refractivity contribution in [2.75, 3.05) is 84.5 Å². The number of aromatic nitrogens is 1. The Morgan fingerprint density at radius 1 is 0.328 bits per heavy atom. The molecule has 2 amide bonds. The number of rotatable bonds is 39. The summed E-state index contributed by atoms with van der Waals surface area (Å²) in [6, 6.07) is 1.12. The first-order chi connectivity index (χ1) is 63.6. The largest absolute Gasteiger partial charge is 0.394 e. The summed E-state index contributed by atoms with van der Waals surface area (Å²) in [5.74, 6) is -1.57. The molecule has 59 heteroatoms. The van der Waals surface area contributed by atoms with E-state index in [0.29, 0.717) is 0 Å². The van der Waals surface area contributed by atoms with Gasteiger partial charge in [-0.1, -0.05) is 6.07 Å². The van der Waals surface area contributed by atoms with Crippen molar-refractivity contribution in [3.8, 4) is 0 Å². The van der Waals surface area contributed by atoms with Gasteiger partial charge in [0, 0.05) is 26.6 Å². The summed E-state index contributed by atoms with van der Waals surface area (Å²) < 4.78 is 119. The third kappa shape index (κ3) is 24.6. The number of carbonyl (C=O) groups is 2. The molecule has 0 aliphatic carbocycles. The van der Waals surface area contributed by atoms with Crippen molar-refractivity contribution in [1.82, 2.24) is 15.6 Å². The van der Waals surface area contributed by atoms with Gasteiger partial charge in [0.25, 0.3) is 0 Å². The minimum Gasteiger partial charge on any atom is -0.394 e. The number of aliphatic hydroxyl groups is 33. The van der Waals surface area contributed by atoms with Gasteiger partial charge in [-0.3, -0.25) is 9.59 Å². The van der Waals surface area contributed by atoms with E-state index >= 15 is 0 Å². The smallest absolute Gasteiger partial charge is 0.217 e. The molecule has 10 saturated heterocycles. The number of nitrogens with zero attached hydrogens (tertiary/aromatic N) is 1. The van der Waals surface area contributed by atoms with Gasteiger partial charge in [0.05, 0.1) is 78.7 Å². The quantitative estimate of drug-likeness (QED) is 0.0291. The lowest BCUT2D eigenvalue weighted by Gasteiger charge is -2.51. The average Bonchev–Trinajstić information content (AvgIpc) is 0.766. The van der Waals surface area contributed by atoms with Gasteiger partial charge in [-0.2, -0.15) is 0 Å². The van der Waals surface area contributed by atoms with Crippen molar-refractivity contribution in [3.63, 3.8) is 0 Å². The third-order valence-electron chi connectivity index (χ3n) is 24.4. The first-order valence-electron chi connectivity index (χ1n) is 42.7. The maximum absolute atomic E-state index is 13.3. The fourth-order valence-electron chi connectivity index (χ4n) is 16.7. The number of amides is 2. The minimum atomic E-state index is -2.72. The Balaban J connectivity index is 0.965. The fraction of sp³-hybridized carbons (Fsp3) is 0.907. The van der Waals surface area contributed by atoms with E-state index in [1.54, 1.807) is 12.1 Å². The van der Waals surface area contributed by atoms with E-state index in [2.05, 4.69) is 20.9 Å². The van der Waals surface area contributed by atoms with Crippen LogP contribution in [0.5, 0.6) is 0 Å². The van der Waals surface area contributed by atoms with Gasteiger partial charge in [-0.15, -0.1) is 0 Å². The highest BCUT2D eigenvalue weighted by atomic mass is 16.8. The molecule has 10 fully saturated rings. The predicted octanol–water partition coefficient (Wildman–Crippen LogP) is -23.5. The zero-order valence-electron chi connectivity index (χ0n) is 71.2. The summed E-state index contributed by atoms with van der Waals surface area (Å²) in [6.45, 7) is -11.5. The van der Waals surface area contributed by atoms with E-state index in [0.717, 1.165) is 13.8 Å². The highest BCUT2D eigenvalue weighted by Crippen LogP contribution is 2.41. The van der Waals surface area contributed by atoms with Crippen LogP contribution in [0.15, 0.2) is 24.4 Å². The zero-order valence-corrected chi connectivity index (χ0v) is 71.2. The molecule has 0 spiro atoms. The van der Waals surface area contributed by atoms with Crippen LogP contribution in [0, 0.1) is 0 Å². The van der Waals surface area contributed by atoms with E-state index in [1.807, 2.05) is 0 Å². The Labute approximate surface area is 758 Å². The highest BCUT2D eigenvalue weighted by molar-refractivity contribution is 5.73. The molecule has 1 aromatic heterocycles. The number of aliphatic hydroxyl groups excluding tert-OH is 33. The normalized spacial score (nSPS) is 47.4. The van der Waals surface area contributed by atoms with E-state index in [4.69, 9.17) is 94.7 Å². The maximum atomic E-state index is 13.3. The second kappa shape index (κ2) is 49.2. The minimum absolute atomic E-state index is 0.209. The summed E-state index contributed by atoms with van der Waals surface area (Å²) in [7, 11) is 0. The number of nitrogens with one attached hydrogen (secondary N) is 3. The van der Waals surface area contributed by atoms with Gasteiger partial charge in [-0.25, -0.2) is 4.98 Å². The molecule has 11 heterocycles. The van der Waals surface area contributed by atoms with Crippen LogP contribution in [0.2, 0.25) is 0 Å². The van der Waals surface area contributed by atoms with Crippen LogP contribution >= 0.6 is 0 Å². The lowest BCUT2D eigenvalue weighted by Crippen LogP contribution is -2.70. The molecule has 0 aromatic carbocycles. The van der Waals surface area contributed by atoms with Crippen molar-refractivity contribution in [2.45, 2.75) is 345 Å². The summed E-state index contributed by atoms with van der Waals surface area (Å²) in [5, 5.41) is 378. The molecule has 1 aromatic rings. The summed E-state index contributed by atoms with van der Waals surface area (Å²) in [5.41, 5.74) is 0. The van der Waals surface area contributed by atoms with Crippen LogP contribution in [-0.2, 0) is 104 Å². The Morgan fingerprint density at radius 2 is 0.642 bits per heavy atom. The molecule has 54 atom stereocenters. The molecule has 134 heavy (non-hydrogen) atoms. The molecule has 0 saturated carbocycles. The van der Waals surface area contributed by atoms with Crippen molar-refractivity contribution in [2.24, 2.45) is 0 Å². The van der Waals surface area contributed by atoms with Crippen molar-refractivity contribution in [1.29, 1.82) is 0 Å². The molecule has 0 bridgehead atoms. The second-order valence-corrected chi connectivity index (χ2v) is 33.5. The van der Waals surface area contributed by atoms with Gasteiger partial charge in [0.15, 0.2) is 62.9 Å². The van der Waals surface area contributed by atoms with Crippen molar-refractivity contribution in [3.05, 3.63) is 24.4 Å². The predicted molar refractivity (Wildman–Crippen MR) is 413 cm³/mol. The SMILES string of the molecule is CC(=O)N[C@H]1[C@H](O[C@@H]([C@H](O)[C@H](CNc2ccccn2)NC(C)=O)[C@H](O)CO)O[C@H](CO)[C@@H](O[C@@H]2O[C@H](CO[C@H]3O[C@H](CO[C@H]4O[C@H](CO)[C@@H](O)[C@H](O)[C@@H]4O[C@H]4O[C@H](CO)[C@@H](O)[C@H](O)[C@@H]4O)[C@@H](O)[C@H](O[C@H]4O[C@H](CO)[C@@H](O)[C@H](O)[C@@H]4O[C@H]4O[C@H](CO)[C@@H](O)[C@H](O)[C@@H]4O)[C@@H]3O)[C@@H](O)[C@H](O[C@H]3O[C@H](CO)[C@@H](O)[C@H](O)[C@@H]3O[C@H]3O[C@H](CO)[C@@H](O)[C@H](O)[C@@H]3O[C@H]3O[C@H](CO)[C@@H](O)[C@H](O)[C@@H]3O)[C@@H]2O)[C@@H]1O. The van der Waals surface area contributed by atoms with E-state index < -0.39 is 416 Å². The number of hydrogen-bond acceptors (Lipinski definition) is 57. The fourth-order valence-corrected chi connectivity index (χ4v) is 16.7. The summed E-state index contributed by atoms with van der Waals surface area (Å²) >= 11 is 0. The first-order valence-corrected chi connectivity index (χ1v) is 42.7. The number of hydrogen-bond donors (Lipinski definition) is 36. The molecule has 10 aliphatic rings. The number of anilines is 1. The van der Waals surface area contributed by atoms with Crippen LogP contribution in [0.1, 0.15) is 13.8 Å². The van der Waals surface area contributed by atoms with E-state index in [9.17, 15) is 178 Å². The second-order valence-electron chi connectivity index (χ2n) is 33.5. The Kier molecular flexibility index (Phi) is 40.4. The topological polar surface area (TPSA) is 935 Å². The van der Waals surface area contributed by atoms with Crippen LogP contribution in [0.4, 0.5) is 5.82 Å². The van der Waals surface area contributed by atoms with Gasteiger partial charge in [0.1, 0.15) is 268 Å². The lowest BCUT2D eigenvalue weighted by atomic mass is 9.94. The van der Waals surface area contributed by atoms with Crippen LogP contribution in [-0.4, -0.2) is 596 Å². The number of pyridine rings is 1. The maximum Gasteiger partial charge on any atom is 0.217 e. The van der Waals surface area contributed by atoms with Gasteiger partial charge < -0.3 is 279 Å². The summed E-state index contributed by atoms with van der Waals surface area (Å²) in [4.78, 5) is 30.1. The van der Waals surface area contributed by atoms with Crippen LogP contribution < -0.4 is 16.0 Å².